The molecule has 6 nitrogen and oxygen atoms in total. The molecule has 0 saturated carbocycles. The van der Waals surface area contributed by atoms with Crippen LogP contribution < -0.4 is 5.56 Å². The summed E-state index contributed by atoms with van der Waals surface area (Å²) >= 11 is 1.42. The summed E-state index contributed by atoms with van der Waals surface area (Å²) in [5, 5.41) is 12.4. The van der Waals surface area contributed by atoms with Gasteiger partial charge < -0.3 is 10.1 Å². The Labute approximate surface area is 149 Å². The van der Waals surface area contributed by atoms with Crippen LogP contribution in [0.1, 0.15) is 30.5 Å². The van der Waals surface area contributed by atoms with Gasteiger partial charge in [0, 0.05) is 6.20 Å². The minimum atomic E-state index is -0.511. The number of aromatic nitrogens is 3. The lowest BCUT2D eigenvalue weighted by atomic mass is 9.89. The average molecular weight is 356 g/mol. The number of nitrogens with zero attached hydrogens (tertiary/aromatic N) is 3. The van der Waals surface area contributed by atoms with Crippen LogP contribution in [-0.4, -0.2) is 38.0 Å². The first-order valence-corrected chi connectivity index (χ1v) is 9.36. The van der Waals surface area contributed by atoms with Crippen molar-refractivity contribution in [2.75, 3.05) is 13.1 Å². The van der Waals surface area contributed by atoms with Gasteiger partial charge >= 0.3 is 0 Å². The summed E-state index contributed by atoms with van der Waals surface area (Å²) in [6, 6.07) is 7.52. The van der Waals surface area contributed by atoms with Gasteiger partial charge in [-0.15, -0.1) is 11.3 Å². The molecule has 0 aromatic carbocycles. The Morgan fingerprint density at radius 3 is 2.92 bits per heavy atom. The van der Waals surface area contributed by atoms with Crippen molar-refractivity contribution in [2.45, 2.75) is 25.5 Å². The molecule has 4 rings (SSSR count). The lowest BCUT2D eigenvalue weighted by Crippen LogP contribution is -2.36. The summed E-state index contributed by atoms with van der Waals surface area (Å²) in [4.78, 5) is 26.0. The number of hydrogen-bond acceptors (Lipinski definition) is 6. The van der Waals surface area contributed by atoms with E-state index in [0.29, 0.717) is 17.1 Å². The van der Waals surface area contributed by atoms with Crippen molar-refractivity contribution in [3.8, 4) is 0 Å². The molecule has 130 valence electrons. The van der Waals surface area contributed by atoms with Crippen LogP contribution in [0.2, 0.25) is 0 Å². The Kier molecular flexibility index (Phi) is 4.61. The second-order valence-electron chi connectivity index (χ2n) is 6.46. The van der Waals surface area contributed by atoms with E-state index < -0.39 is 6.10 Å². The lowest BCUT2D eigenvalue weighted by molar-refractivity contribution is 0.0533. The molecular weight excluding hydrogens is 336 g/mol. The fourth-order valence-corrected chi connectivity index (χ4v) is 4.15. The van der Waals surface area contributed by atoms with Crippen molar-refractivity contribution in [1.82, 2.24) is 19.9 Å². The molecule has 2 N–H and O–H groups in total. The zero-order chi connectivity index (χ0) is 17.2. The predicted octanol–water partition coefficient (Wildman–Crippen LogP) is 2.33. The van der Waals surface area contributed by atoms with E-state index in [1.807, 2.05) is 29.6 Å². The molecule has 0 aliphatic carbocycles. The van der Waals surface area contributed by atoms with Crippen LogP contribution in [0.4, 0.5) is 0 Å². The van der Waals surface area contributed by atoms with E-state index in [-0.39, 0.29) is 11.5 Å². The van der Waals surface area contributed by atoms with Gasteiger partial charge in [0.2, 0.25) is 0 Å². The molecule has 1 aliphatic heterocycles. The number of likely N-dealkylation sites (tertiary alicyclic amines) is 1. The number of piperidine rings is 1. The largest absolute Gasteiger partial charge is 0.387 e. The smallest absolute Gasteiger partial charge is 0.268 e. The molecule has 7 heteroatoms. The first kappa shape index (κ1) is 16.4. The molecule has 1 saturated heterocycles. The molecule has 0 radical (unpaired) electrons. The Bertz CT molecular complexity index is 900. The van der Waals surface area contributed by atoms with Crippen LogP contribution in [0.3, 0.4) is 0 Å². The maximum absolute atomic E-state index is 12.1. The Morgan fingerprint density at radius 1 is 1.32 bits per heavy atom. The van der Waals surface area contributed by atoms with Gasteiger partial charge in [0.1, 0.15) is 10.5 Å². The van der Waals surface area contributed by atoms with Gasteiger partial charge in [-0.3, -0.25) is 14.7 Å². The number of H-pyrrole nitrogens is 1. The van der Waals surface area contributed by atoms with E-state index in [2.05, 4.69) is 19.9 Å². The van der Waals surface area contributed by atoms with Gasteiger partial charge in [-0.25, -0.2) is 4.98 Å². The van der Waals surface area contributed by atoms with Crippen LogP contribution in [0.25, 0.3) is 10.2 Å². The zero-order valence-corrected chi connectivity index (χ0v) is 14.6. The fourth-order valence-electron chi connectivity index (χ4n) is 3.43. The highest BCUT2D eigenvalue weighted by atomic mass is 32.1. The first-order chi connectivity index (χ1) is 12.2. The summed E-state index contributed by atoms with van der Waals surface area (Å²) < 4.78 is 0.681. The molecule has 3 aromatic rings. The SMILES string of the molecule is O=c1[nH]c(CN2CCC([C@@H](O)c3ccccn3)CC2)nc2ccsc12. The number of fused-ring (bicyclic) bond motifs is 1. The van der Waals surface area contributed by atoms with E-state index in [4.69, 9.17) is 0 Å². The highest BCUT2D eigenvalue weighted by molar-refractivity contribution is 7.17. The molecule has 0 bridgehead atoms. The molecule has 0 spiro atoms. The van der Waals surface area contributed by atoms with Gasteiger partial charge in [-0.05, 0) is 55.4 Å². The molecule has 1 aliphatic rings. The monoisotopic (exact) mass is 356 g/mol. The predicted molar refractivity (Wildman–Crippen MR) is 97.4 cm³/mol. The van der Waals surface area contributed by atoms with Crippen LogP contribution in [0.5, 0.6) is 0 Å². The van der Waals surface area contributed by atoms with Gasteiger partial charge in [-0.2, -0.15) is 0 Å². The summed E-state index contributed by atoms with van der Waals surface area (Å²) in [5.74, 6) is 0.928. The maximum Gasteiger partial charge on any atom is 0.268 e. The van der Waals surface area contributed by atoms with Crippen LogP contribution >= 0.6 is 11.3 Å². The normalized spacial score (nSPS) is 17.8. The quantitative estimate of drug-likeness (QED) is 0.750. The number of nitrogens with one attached hydrogen (secondary N) is 1. The second-order valence-corrected chi connectivity index (χ2v) is 7.38. The molecular formula is C18H20N4O2S. The fraction of sp³-hybridized carbons (Fsp3) is 0.389. The highest BCUT2D eigenvalue weighted by Gasteiger charge is 2.27. The standard InChI is InChI=1S/C18H20N4O2S/c23-16(13-3-1-2-7-19-13)12-4-8-22(9-5-12)11-15-20-14-6-10-25-17(14)18(24)21-15/h1-3,6-7,10,12,16,23H,4-5,8-9,11H2,(H,20,21,24)/t16-/m1/s1. The maximum atomic E-state index is 12.1. The van der Waals surface area contributed by atoms with Gasteiger partial charge in [-0.1, -0.05) is 6.07 Å². The van der Waals surface area contributed by atoms with Gasteiger partial charge in [0.15, 0.2) is 0 Å². The Balaban J connectivity index is 1.39. The third-order valence-electron chi connectivity index (χ3n) is 4.81. The van der Waals surface area contributed by atoms with Crippen molar-refractivity contribution >= 4 is 21.6 Å². The average Bonchev–Trinajstić information content (AvgIpc) is 3.12. The van der Waals surface area contributed by atoms with E-state index in [0.717, 1.165) is 37.1 Å². The van der Waals surface area contributed by atoms with Crippen molar-refractivity contribution in [3.63, 3.8) is 0 Å². The van der Waals surface area contributed by atoms with Crippen LogP contribution in [0.15, 0.2) is 40.6 Å². The second kappa shape index (κ2) is 7.03. The first-order valence-electron chi connectivity index (χ1n) is 8.48. The molecule has 1 atom stereocenters. The molecule has 3 aromatic heterocycles. The molecule has 25 heavy (non-hydrogen) atoms. The lowest BCUT2D eigenvalue weighted by Gasteiger charge is -2.33. The van der Waals surface area contributed by atoms with Crippen molar-refractivity contribution in [3.05, 3.63) is 57.7 Å². The van der Waals surface area contributed by atoms with Gasteiger partial charge in [0.25, 0.3) is 5.56 Å². The van der Waals surface area contributed by atoms with E-state index >= 15 is 0 Å². The Hall–Kier alpha value is -2.09. The topological polar surface area (TPSA) is 82.1 Å². The van der Waals surface area contributed by atoms with E-state index in [9.17, 15) is 9.90 Å². The highest BCUT2D eigenvalue weighted by Crippen LogP contribution is 2.30. The summed E-state index contributed by atoms with van der Waals surface area (Å²) in [7, 11) is 0. The number of rotatable bonds is 4. The van der Waals surface area contributed by atoms with Crippen molar-refractivity contribution in [2.24, 2.45) is 5.92 Å². The third-order valence-corrected chi connectivity index (χ3v) is 5.71. The number of aromatic amines is 1. The minimum absolute atomic E-state index is 0.0598. The number of thiophene rings is 1. The van der Waals surface area contributed by atoms with E-state index in [1.165, 1.54) is 11.3 Å². The van der Waals surface area contributed by atoms with Crippen molar-refractivity contribution in [1.29, 1.82) is 0 Å². The number of aliphatic hydroxyl groups excluding tert-OH is 1. The molecule has 0 unspecified atom stereocenters. The summed E-state index contributed by atoms with van der Waals surface area (Å²) in [6.45, 7) is 2.38. The number of pyridine rings is 1. The molecule has 4 heterocycles. The summed E-state index contributed by atoms with van der Waals surface area (Å²) in [6.07, 6.45) is 3.02. The zero-order valence-electron chi connectivity index (χ0n) is 13.8. The van der Waals surface area contributed by atoms with Gasteiger partial charge in [0.05, 0.1) is 23.9 Å². The Morgan fingerprint density at radius 2 is 2.16 bits per heavy atom. The minimum Gasteiger partial charge on any atom is -0.387 e. The summed E-state index contributed by atoms with van der Waals surface area (Å²) in [5.41, 5.74) is 1.45. The molecule has 1 fully saturated rings. The van der Waals surface area contributed by atoms with Crippen LogP contribution in [0, 0.1) is 5.92 Å². The van der Waals surface area contributed by atoms with Crippen LogP contribution in [-0.2, 0) is 6.54 Å². The van der Waals surface area contributed by atoms with E-state index in [1.54, 1.807) is 6.20 Å². The third kappa shape index (κ3) is 3.49. The number of hydrogen-bond donors (Lipinski definition) is 2. The molecule has 0 amide bonds. The number of aliphatic hydroxyl groups is 1. The van der Waals surface area contributed by atoms with Crippen molar-refractivity contribution < 1.29 is 5.11 Å².